The molecule has 2 fully saturated rings. The number of hydrogen-bond donors (Lipinski definition) is 2. The monoisotopic (exact) mass is 301 g/mol. The highest BCUT2D eigenvalue weighted by atomic mass is 32.2. The summed E-state index contributed by atoms with van der Waals surface area (Å²) in [7, 11) is -3.57. The van der Waals surface area contributed by atoms with Crippen molar-refractivity contribution in [2.45, 2.75) is 29.9 Å². The van der Waals surface area contributed by atoms with Gasteiger partial charge >= 0.3 is 5.97 Å². The molecule has 0 amide bonds. The first-order valence-electron chi connectivity index (χ1n) is 6.24. The summed E-state index contributed by atoms with van der Waals surface area (Å²) in [4.78, 5) is 10.8. The number of aromatic carboxylic acids is 1. The summed E-state index contributed by atoms with van der Waals surface area (Å²) in [5.74, 6) is -0.414. The molecule has 19 heavy (non-hydrogen) atoms. The van der Waals surface area contributed by atoms with E-state index in [-0.39, 0.29) is 15.2 Å². The van der Waals surface area contributed by atoms with Crippen molar-refractivity contribution in [2.75, 3.05) is 6.54 Å². The molecule has 0 aromatic carbocycles. The molecular weight excluding hydrogens is 286 g/mol. The van der Waals surface area contributed by atoms with Gasteiger partial charge in [0.15, 0.2) is 0 Å². The van der Waals surface area contributed by atoms with Crippen LogP contribution in [0.4, 0.5) is 0 Å². The summed E-state index contributed by atoms with van der Waals surface area (Å²) in [5.41, 5.74) is 0.216. The number of carboxylic acids is 1. The first-order chi connectivity index (χ1) is 8.93. The zero-order valence-corrected chi connectivity index (χ0v) is 11.9. The summed E-state index contributed by atoms with van der Waals surface area (Å²) in [6.45, 7) is 0.486. The number of hydrogen-bond acceptors (Lipinski definition) is 4. The number of nitrogens with one attached hydrogen (secondary N) is 1. The second-order valence-corrected chi connectivity index (χ2v) is 8.33. The Labute approximate surface area is 115 Å². The van der Waals surface area contributed by atoms with Gasteiger partial charge in [0, 0.05) is 11.9 Å². The molecule has 2 saturated carbocycles. The highest BCUT2D eigenvalue weighted by Crippen LogP contribution is 2.60. The average Bonchev–Trinajstić information content (AvgIpc) is 3.24. The van der Waals surface area contributed by atoms with Crippen LogP contribution >= 0.6 is 11.3 Å². The van der Waals surface area contributed by atoms with Gasteiger partial charge in [0.2, 0.25) is 10.0 Å². The third-order valence-corrected chi connectivity index (χ3v) is 6.88. The second kappa shape index (κ2) is 4.29. The summed E-state index contributed by atoms with van der Waals surface area (Å²) < 4.78 is 26.9. The fourth-order valence-corrected chi connectivity index (χ4v) is 4.80. The lowest BCUT2D eigenvalue weighted by Crippen LogP contribution is -2.30. The Morgan fingerprint density at radius 3 is 2.63 bits per heavy atom. The van der Waals surface area contributed by atoms with Gasteiger partial charge in [-0.05, 0) is 43.1 Å². The molecule has 0 unspecified atom stereocenters. The van der Waals surface area contributed by atoms with Gasteiger partial charge in [-0.1, -0.05) is 0 Å². The van der Waals surface area contributed by atoms with Gasteiger partial charge in [0.1, 0.15) is 4.21 Å². The lowest BCUT2D eigenvalue weighted by Gasteiger charge is -2.14. The molecule has 1 aromatic rings. The maximum atomic E-state index is 12.1. The SMILES string of the molecule is O=C(O)c1csc(S(=O)(=O)NCC2(C3CC3)CC2)c1. The molecule has 7 heteroatoms. The summed E-state index contributed by atoms with van der Waals surface area (Å²) >= 11 is 0.949. The van der Waals surface area contributed by atoms with Gasteiger partial charge in [-0.25, -0.2) is 17.9 Å². The fraction of sp³-hybridized carbons (Fsp3) is 0.583. The molecule has 104 valence electrons. The van der Waals surface area contributed by atoms with E-state index in [0.717, 1.165) is 24.2 Å². The highest BCUT2D eigenvalue weighted by molar-refractivity contribution is 7.91. The van der Waals surface area contributed by atoms with Crippen LogP contribution in [0.5, 0.6) is 0 Å². The van der Waals surface area contributed by atoms with E-state index in [1.165, 1.54) is 24.3 Å². The normalized spacial score (nSPS) is 21.3. The highest BCUT2D eigenvalue weighted by Gasteiger charge is 2.53. The first-order valence-corrected chi connectivity index (χ1v) is 8.61. The second-order valence-electron chi connectivity index (χ2n) is 5.42. The fourth-order valence-electron chi connectivity index (χ4n) is 2.47. The van der Waals surface area contributed by atoms with Crippen molar-refractivity contribution in [3.05, 3.63) is 17.0 Å². The Morgan fingerprint density at radius 1 is 1.47 bits per heavy atom. The summed E-state index contributed by atoms with van der Waals surface area (Å²) in [6.07, 6.45) is 4.63. The van der Waals surface area contributed by atoms with Crippen LogP contribution in [0.25, 0.3) is 0 Å². The van der Waals surface area contributed by atoms with E-state index in [1.807, 2.05) is 0 Å². The molecule has 0 aliphatic heterocycles. The number of carbonyl (C=O) groups is 1. The Hall–Kier alpha value is -0.920. The molecule has 1 heterocycles. The van der Waals surface area contributed by atoms with Gasteiger partial charge in [-0.2, -0.15) is 0 Å². The number of thiophene rings is 1. The van der Waals surface area contributed by atoms with Crippen LogP contribution in [-0.2, 0) is 10.0 Å². The van der Waals surface area contributed by atoms with E-state index in [4.69, 9.17) is 5.11 Å². The molecule has 0 bridgehead atoms. The molecule has 0 saturated heterocycles. The Balaban J connectivity index is 1.69. The van der Waals surface area contributed by atoms with Gasteiger partial charge in [-0.3, -0.25) is 0 Å². The quantitative estimate of drug-likeness (QED) is 0.841. The van der Waals surface area contributed by atoms with Crippen molar-refractivity contribution >= 4 is 27.3 Å². The van der Waals surface area contributed by atoms with Gasteiger partial charge in [-0.15, -0.1) is 11.3 Å². The molecular formula is C12H15NO4S2. The Bertz CT molecular complexity index is 611. The minimum Gasteiger partial charge on any atom is -0.478 e. The predicted molar refractivity (Wildman–Crippen MR) is 70.9 cm³/mol. The molecule has 1 aromatic heterocycles. The largest absolute Gasteiger partial charge is 0.478 e. The van der Waals surface area contributed by atoms with E-state index >= 15 is 0 Å². The maximum absolute atomic E-state index is 12.1. The molecule has 2 aliphatic rings. The van der Waals surface area contributed by atoms with E-state index < -0.39 is 16.0 Å². The van der Waals surface area contributed by atoms with Crippen LogP contribution in [-0.4, -0.2) is 26.0 Å². The lowest BCUT2D eigenvalue weighted by molar-refractivity contribution is 0.0697. The third kappa shape index (κ3) is 2.54. The standard InChI is InChI=1S/C12H15NO4S2/c14-11(15)8-5-10(18-6-8)19(16,17)13-7-12(3-4-12)9-1-2-9/h5-6,9,13H,1-4,7H2,(H,14,15). The minimum absolute atomic E-state index is 0.0219. The number of sulfonamides is 1. The topological polar surface area (TPSA) is 83.5 Å². The average molecular weight is 301 g/mol. The Morgan fingerprint density at radius 2 is 2.16 bits per heavy atom. The van der Waals surface area contributed by atoms with Gasteiger partial charge in [0.25, 0.3) is 0 Å². The van der Waals surface area contributed by atoms with Crippen LogP contribution in [0, 0.1) is 11.3 Å². The van der Waals surface area contributed by atoms with E-state index in [9.17, 15) is 13.2 Å². The minimum atomic E-state index is -3.57. The summed E-state index contributed by atoms with van der Waals surface area (Å²) in [5, 5.41) is 10.2. The van der Waals surface area contributed by atoms with Crippen molar-refractivity contribution in [2.24, 2.45) is 11.3 Å². The molecule has 2 N–H and O–H groups in total. The van der Waals surface area contributed by atoms with Crippen LogP contribution in [0.15, 0.2) is 15.7 Å². The van der Waals surface area contributed by atoms with Gasteiger partial charge < -0.3 is 5.11 Å². The first kappa shape index (κ1) is 13.1. The van der Waals surface area contributed by atoms with Crippen molar-refractivity contribution in [1.29, 1.82) is 0 Å². The Kier molecular flexibility index (Phi) is 2.95. The van der Waals surface area contributed by atoms with Crippen LogP contribution in [0.1, 0.15) is 36.0 Å². The zero-order valence-electron chi connectivity index (χ0n) is 10.3. The molecule has 5 nitrogen and oxygen atoms in total. The molecule has 2 aliphatic carbocycles. The van der Waals surface area contributed by atoms with Crippen LogP contribution in [0.2, 0.25) is 0 Å². The van der Waals surface area contributed by atoms with Gasteiger partial charge in [0.05, 0.1) is 5.56 Å². The van der Waals surface area contributed by atoms with Crippen molar-refractivity contribution in [3.8, 4) is 0 Å². The van der Waals surface area contributed by atoms with Crippen LogP contribution in [0.3, 0.4) is 0 Å². The summed E-state index contributed by atoms with van der Waals surface area (Å²) in [6, 6.07) is 1.21. The van der Waals surface area contributed by atoms with E-state index in [0.29, 0.717) is 12.5 Å². The van der Waals surface area contributed by atoms with E-state index in [1.54, 1.807) is 0 Å². The predicted octanol–water partition coefficient (Wildman–Crippen LogP) is 1.91. The van der Waals surface area contributed by atoms with Crippen LogP contribution < -0.4 is 4.72 Å². The molecule has 3 rings (SSSR count). The number of rotatable bonds is 6. The maximum Gasteiger partial charge on any atom is 0.336 e. The van der Waals surface area contributed by atoms with Crippen molar-refractivity contribution in [1.82, 2.24) is 4.72 Å². The molecule has 0 atom stereocenters. The smallest absolute Gasteiger partial charge is 0.336 e. The molecule has 0 spiro atoms. The van der Waals surface area contributed by atoms with E-state index in [2.05, 4.69) is 4.72 Å². The third-order valence-electron chi connectivity index (χ3n) is 4.04. The lowest BCUT2D eigenvalue weighted by atomic mass is 10.0. The van der Waals surface area contributed by atoms with Crippen molar-refractivity contribution < 1.29 is 18.3 Å². The molecule has 0 radical (unpaired) electrons. The van der Waals surface area contributed by atoms with Crippen molar-refractivity contribution in [3.63, 3.8) is 0 Å². The zero-order chi connectivity index (χ0) is 13.7. The number of carboxylic acid groups (broad SMARTS) is 1.